The number of benzene rings is 1. The molecule has 2 aromatic rings. The Morgan fingerprint density at radius 3 is 3.00 bits per heavy atom. The van der Waals surface area contributed by atoms with Gasteiger partial charge in [-0.05, 0) is 62.5 Å². The minimum atomic E-state index is -0.322. The Morgan fingerprint density at radius 2 is 2.22 bits per heavy atom. The SMILES string of the molecule is CCC1CCCCN1C(=S)Nc1ccc2c(C)cc(=O)oc2c1. The molecule has 0 aliphatic carbocycles. The van der Waals surface area contributed by atoms with Gasteiger partial charge in [0.2, 0.25) is 0 Å². The molecule has 2 heterocycles. The standard InChI is InChI=1S/C18H22N2O2S/c1-3-14-6-4-5-9-20(14)18(23)19-13-7-8-15-12(2)10-17(21)22-16(15)11-13/h7-8,10-11,14H,3-6,9H2,1-2H3,(H,19,23). The van der Waals surface area contributed by atoms with Gasteiger partial charge >= 0.3 is 5.63 Å². The van der Waals surface area contributed by atoms with Crippen LogP contribution in [0.2, 0.25) is 0 Å². The van der Waals surface area contributed by atoms with Crippen LogP contribution in [0.1, 0.15) is 38.2 Å². The van der Waals surface area contributed by atoms with Gasteiger partial charge in [-0.3, -0.25) is 0 Å². The van der Waals surface area contributed by atoms with Gasteiger partial charge in [0.15, 0.2) is 5.11 Å². The molecule has 1 aliphatic rings. The summed E-state index contributed by atoms with van der Waals surface area (Å²) in [5.41, 5.74) is 2.05. The van der Waals surface area contributed by atoms with E-state index in [1.165, 1.54) is 25.3 Å². The third-order valence-corrected chi connectivity index (χ3v) is 4.90. The second kappa shape index (κ2) is 6.71. The molecule has 1 aliphatic heterocycles. The van der Waals surface area contributed by atoms with Crippen molar-refractivity contribution in [2.45, 2.75) is 45.6 Å². The Labute approximate surface area is 141 Å². The first-order chi connectivity index (χ1) is 11.1. The van der Waals surface area contributed by atoms with Crippen LogP contribution in [-0.4, -0.2) is 22.6 Å². The fraction of sp³-hybridized carbons (Fsp3) is 0.444. The molecule has 1 fully saturated rings. The van der Waals surface area contributed by atoms with Crippen molar-refractivity contribution in [3.63, 3.8) is 0 Å². The zero-order valence-electron chi connectivity index (χ0n) is 13.6. The van der Waals surface area contributed by atoms with Gasteiger partial charge in [0, 0.05) is 35.8 Å². The Morgan fingerprint density at radius 1 is 1.39 bits per heavy atom. The molecule has 1 aromatic carbocycles. The molecule has 1 unspecified atom stereocenters. The van der Waals surface area contributed by atoms with Gasteiger partial charge in [-0.15, -0.1) is 0 Å². The van der Waals surface area contributed by atoms with E-state index in [0.29, 0.717) is 11.6 Å². The van der Waals surface area contributed by atoms with Crippen LogP contribution in [0.3, 0.4) is 0 Å². The van der Waals surface area contributed by atoms with Gasteiger partial charge in [-0.2, -0.15) is 0 Å². The number of piperidine rings is 1. The van der Waals surface area contributed by atoms with E-state index in [2.05, 4.69) is 17.1 Å². The van der Waals surface area contributed by atoms with E-state index in [-0.39, 0.29) is 5.63 Å². The molecule has 122 valence electrons. The van der Waals surface area contributed by atoms with Crippen molar-refractivity contribution >= 4 is 34.0 Å². The van der Waals surface area contributed by atoms with Crippen molar-refractivity contribution in [2.24, 2.45) is 0 Å². The lowest BCUT2D eigenvalue weighted by molar-refractivity contribution is 0.239. The largest absolute Gasteiger partial charge is 0.423 e. The van der Waals surface area contributed by atoms with Crippen molar-refractivity contribution in [1.82, 2.24) is 4.90 Å². The van der Waals surface area contributed by atoms with Gasteiger partial charge in [0.25, 0.3) is 0 Å². The summed E-state index contributed by atoms with van der Waals surface area (Å²) in [5.74, 6) is 0. The molecule has 0 amide bonds. The van der Waals surface area contributed by atoms with E-state index in [1.54, 1.807) is 0 Å². The Hall–Kier alpha value is -1.88. The van der Waals surface area contributed by atoms with Gasteiger partial charge in [0.1, 0.15) is 5.58 Å². The van der Waals surface area contributed by atoms with Crippen LogP contribution in [0, 0.1) is 6.92 Å². The third kappa shape index (κ3) is 3.39. The topological polar surface area (TPSA) is 45.5 Å². The number of thiocarbonyl (C=S) groups is 1. The molecule has 5 heteroatoms. The fourth-order valence-corrected chi connectivity index (χ4v) is 3.65. The molecule has 3 rings (SSSR count). The van der Waals surface area contributed by atoms with Crippen molar-refractivity contribution in [2.75, 3.05) is 11.9 Å². The smallest absolute Gasteiger partial charge is 0.336 e. The second-order valence-electron chi connectivity index (χ2n) is 6.14. The highest BCUT2D eigenvalue weighted by atomic mass is 32.1. The zero-order valence-corrected chi connectivity index (χ0v) is 14.4. The summed E-state index contributed by atoms with van der Waals surface area (Å²) in [6.07, 6.45) is 4.76. The number of hydrogen-bond donors (Lipinski definition) is 1. The first-order valence-electron chi connectivity index (χ1n) is 8.20. The molecule has 1 N–H and O–H groups in total. The molecule has 0 spiro atoms. The number of rotatable bonds is 2. The number of nitrogens with zero attached hydrogens (tertiary/aromatic N) is 1. The maximum absolute atomic E-state index is 11.5. The third-order valence-electron chi connectivity index (χ3n) is 4.56. The first-order valence-corrected chi connectivity index (χ1v) is 8.61. The maximum atomic E-state index is 11.5. The van der Waals surface area contributed by atoms with Gasteiger partial charge in [0.05, 0.1) is 0 Å². The number of aryl methyl sites for hydroxylation is 1. The minimum Gasteiger partial charge on any atom is -0.423 e. The monoisotopic (exact) mass is 330 g/mol. The molecule has 23 heavy (non-hydrogen) atoms. The fourth-order valence-electron chi connectivity index (χ4n) is 3.29. The molecule has 4 nitrogen and oxygen atoms in total. The number of hydrogen-bond acceptors (Lipinski definition) is 3. The normalized spacial score (nSPS) is 18.2. The quantitative estimate of drug-likeness (QED) is 0.664. The summed E-state index contributed by atoms with van der Waals surface area (Å²) in [5, 5.41) is 5.01. The number of fused-ring (bicyclic) bond motifs is 1. The van der Waals surface area contributed by atoms with E-state index in [1.807, 2.05) is 25.1 Å². The van der Waals surface area contributed by atoms with E-state index in [4.69, 9.17) is 16.6 Å². The highest BCUT2D eigenvalue weighted by Gasteiger charge is 2.22. The van der Waals surface area contributed by atoms with E-state index < -0.39 is 0 Å². The molecule has 1 aromatic heterocycles. The van der Waals surface area contributed by atoms with Crippen LogP contribution in [0.4, 0.5) is 5.69 Å². The summed E-state index contributed by atoms with van der Waals surface area (Å²) in [6.45, 7) is 5.13. The molecular weight excluding hydrogens is 308 g/mol. The van der Waals surface area contributed by atoms with Crippen LogP contribution < -0.4 is 10.9 Å². The zero-order chi connectivity index (χ0) is 16.4. The van der Waals surface area contributed by atoms with Gasteiger partial charge < -0.3 is 14.6 Å². The molecule has 0 saturated carbocycles. The predicted molar refractivity (Wildman–Crippen MR) is 98.1 cm³/mol. The molecule has 0 bridgehead atoms. The first kappa shape index (κ1) is 16.0. The van der Waals surface area contributed by atoms with Gasteiger partial charge in [-0.25, -0.2) is 4.79 Å². The van der Waals surface area contributed by atoms with Crippen molar-refractivity contribution in [1.29, 1.82) is 0 Å². The van der Waals surface area contributed by atoms with Crippen LogP contribution in [0.25, 0.3) is 11.0 Å². The number of anilines is 1. The lowest BCUT2D eigenvalue weighted by atomic mass is 10.0. The summed E-state index contributed by atoms with van der Waals surface area (Å²) >= 11 is 5.60. The summed E-state index contributed by atoms with van der Waals surface area (Å²) < 4.78 is 5.30. The highest BCUT2D eigenvalue weighted by Crippen LogP contribution is 2.23. The van der Waals surface area contributed by atoms with Crippen LogP contribution >= 0.6 is 12.2 Å². The Kier molecular flexibility index (Phi) is 4.66. The molecule has 1 atom stereocenters. The summed E-state index contributed by atoms with van der Waals surface area (Å²) in [7, 11) is 0. The predicted octanol–water partition coefficient (Wildman–Crippen LogP) is 4.06. The average molecular weight is 330 g/mol. The van der Waals surface area contributed by atoms with Crippen LogP contribution in [0.5, 0.6) is 0 Å². The van der Waals surface area contributed by atoms with E-state index in [9.17, 15) is 4.79 Å². The summed E-state index contributed by atoms with van der Waals surface area (Å²) in [6, 6.07) is 7.82. The van der Waals surface area contributed by atoms with Crippen molar-refractivity contribution < 1.29 is 4.42 Å². The van der Waals surface area contributed by atoms with E-state index in [0.717, 1.165) is 34.7 Å². The number of nitrogens with one attached hydrogen (secondary N) is 1. The lowest BCUT2D eigenvalue weighted by Gasteiger charge is -2.37. The maximum Gasteiger partial charge on any atom is 0.336 e. The second-order valence-corrected chi connectivity index (χ2v) is 6.53. The number of likely N-dealkylation sites (tertiary alicyclic amines) is 1. The van der Waals surface area contributed by atoms with Gasteiger partial charge in [-0.1, -0.05) is 6.92 Å². The summed E-state index contributed by atoms with van der Waals surface area (Å²) in [4.78, 5) is 13.8. The molecule has 1 saturated heterocycles. The van der Waals surface area contributed by atoms with E-state index >= 15 is 0 Å². The molecule has 0 radical (unpaired) electrons. The average Bonchev–Trinajstić information content (AvgIpc) is 2.54. The Balaban J connectivity index is 1.83. The van der Waals surface area contributed by atoms with Crippen molar-refractivity contribution in [3.8, 4) is 0 Å². The van der Waals surface area contributed by atoms with Crippen molar-refractivity contribution in [3.05, 3.63) is 40.2 Å². The minimum absolute atomic E-state index is 0.322. The lowest BCUT2D eigenvalue weighted by Crippen LogP contribution is -2.45. The Bertz CT molecular complexity index is 784. The van der Waals surface area contributed by atoms with Crippen LogP contribution in [-0.2, 0) is 0 Å². The molecular formula is C18H22N2O2S. The van der Waals surface area contributed by atoms with Crippen LogP contribution in [0.15, 0.2) is 33.5 Å². The highest BCUT2D eigenvalue weighted by molar-refractivity contribution is 7.80.